The summed E-state index contributed by atoms with van der Waals surface area (Å²) >= 11 is 6.12. The highest BCUT2D eigenvalue weighted by Crippen LogP contribution is 2.27. The predicted octanol–water partition coefficient (Wildman–Crippen LogP) is 3.25. The lowest BCUT2D eigenvalue weighted by molar-refractivity contribution is 0.192. The molecule has 0 saturated carbocycles. The van der Waals surface area contributed by atoms with Crippen molar-refractivity contribution in [3.63, 3.8) is 0 Å². The minimum atomic E-state index is -0.107. The summed E-state index contributed by atoms with van der Waals surface area (Å²) in [4.78, 5) is 14.5. The van der Waals surface area contributed by atoms with E-state index in [4.69, 9.17) is 16.7 Å². The molecule has 1 aliphatic rings. The molecule has 1 aromatic heterocycles. The third-order valence-corrected chi connectivity index (χ3v) is 5.04. The molecule has 134 valence electrons. The molecule has 1 atom stereocenters. The lowest BCUT2D eigenvalue weighted by Crippen LogP contribution is -2.41. The fourth-order valence-corrected chi connectivity index (χ4v) is 3.34. The molecule has 2 aromatic rings. The van der Waals surface area contributed by atoms with Gasteiger partial charge in [-0.2, -0.15) is 5.10 Å². The van der Waals surface area contributed by atoms with Gasteiger partial charge in [0.15, 0.2) is 0 Å². The van der Waals surface area contributed by atoms with Crippen LogP contribution in [0.1, 0.15) is 30.0 Å². The van der Waals surface area contributed by atoms with Crippen LogP contribution in [0, 0.1) is 6.92 Å². The minimum absolute atomic E-state index is 0.0688. The van der Waals surface area contributed by atoms with Crippen molar-refractivity contribution in [3.05, 3.63) is 46.7 Å². The van der Waals surface area contributed by atoms with E-state index in [1.165, 1.54) is 0 Å². The molecule has 6 nitrogen and oxygen atoms in total. The Bertz CT molecular complexity index is 746. The second kappa shape index (κ2) is 7.89. The number of aliphatic hydroxyl groups is 1. The van der Waals surface area contributed by atoms with E-state index in [1.807, 2.05) is 42.3 Å². The number of aliphatic hydroxyl groups excluding tert-OH is 1. The van der Waals surface area contributed by atoms with Gasteiger partial charge in [0.25, 0.3) is 0 Å². The van der Waals surface area contributed by atoms with Gasteiger partial charge < -0.3 is 15.3 Å². The molecule has 2 heterocycles. The lowest BCUT2D eigenvalue weighted by atomic mass is 9.95. The molecule has 0 radical (unpaired) electrons. The first-order valence-corrected chi connectivity index (χ1v) is 8.91. The Labute approximate surface area is 152 Å². The van der Waals surface area contributed by atoms with Crippen molar-refractivity contribution in [1.82, 2.24) is 14.7 Å². The van der Waals surface area contributed by atoms with Gasteiger partial charge >= 0.3 is 6.03 Å². The van der Waals surface area contributed by atoms with Crippen LogP contribution in [-0.2, 0) is 6.54 Å². The summed E-state index contributed by atoms with van der Waals surface area (Å²) in [6.45, 7) is 3.83. The van der Waals surface area contributed by atoms with Crippen LogP contribution >= 0.6 is 11.6 Å². The van der Waals surface area contributed by atoms with Gasteiger partial charge in [-0.3, -0.25) is 4.68 Å². The molecule has 2 amide bonds. The fraction of sp³-hybridized carbons (Fsp3) is 0.444. The summed E-state index contributed by atoms with van der Waals surface area (Å²) < 4.78 is 1.74. The third-order valence-electron chi connectivity index (χ3n) is 4.63. The number of carbonyl (C=O) groups is 1. The number of amides is 2. The average Bonchev–Trinajstić information content (AvgIpc) is 3.08. The van der Waals surface area contributed by atoms with Crippen molar-refractivity contribution in [2.75, 3.05) is 25.0 Å². The molecule has 0 bridgehead atoms. The standard InChI is InChI=1S/C18H23ClN4O2/c1-13-15(19)5-2-6-16(13)20-18(25)22-8-3-4-14(12-22)17-7-9-23(21-17)10-11-24/h2,5-7,9,14,24H,3-4,8,10-12H2,1H3,(H,20,25). The monoisotopic (exact) mass is 362 g/mol. The van der Waals surface area contributed by atoms with E-state index in [0.717, 1.165) is 36.3 Å². The molecule has 2 N–H and O–H groups in total. The van der Waals surface area contributed by atoms with Gasteiger partial charge in [0, 0.05) is 35.9 Å². The number of hydrogen-bond acceptors (Lipinski definition) is 3. The molecule has 1 aliphatic heterocycles. The normalized spacial score (nSPS) is 17.6. The second-order valence-corrected chi connectivity index (χ2v) is 6.76. The van der Waals surface area contributed by atoms with Crippen LogP contribution in [0.25, 0.3) is 0 Å². The highest BCUT2D eigenvalue weighted by Gasteiger charge is 2.26. The first kappa shape index (κ1) is 17.8. The zero-order valence-corrected chi connectivity index (χ0v) is 15.0. The number of likely N-dealkylation sites (tertiary alicyclic amines) is 1. The topological polar surface area (TPSA) is 70.4 Å². The number of nitrogens with zero attached hydrogens (tertiary/aromatic N) is 3. The van der Waals surface area contributed by atoms with Crippen molar-refractivity contribution in [2.45, 2.75) is 32.2 Å². The molecule has 0 spiro atoms. The number of hydrogen-bond donors (Lipinski definition) is 2. The number of anilines is 1. The summed E-state index contributed by atoms with van der Waals surface area (Å²) in [5, 5.41) is 17.1. The first-order valence-electron chi connectivity index (χ1n) is 8.53. The number of rotatable bonds is 4. The van der Waals surface area contributed by atoms with E-state index in [-0.39, 0.29) is 18.6 Å². The molecule has 1 aromatic carbocycles. The molecular formula is C18H23ClN4O2. The third kappa shape index (κ3) is 4.14. The predicted molar refractivity (Wildman–Crippen MR) is 98.1 cm³/mol. The van der Waals surface area contributed by atoms with Crippen LogP contribution in [-0.4, -0.2) is 45.5 Å². The van der Waals surface area contributed by atoms with Crippen molar-refractivity contribution in [3.8, 4) is 0 Å². The number of urea groups is 1. The fourth-order valence-electron chi connectivity index (χ4n) is 3.16. The van der Waals surface area contributed by atoms with Gasteiger partial charge in [-0.1, -0.05) is 17.7 Å². The zero-order chi connectivity index (χ0) is 17.8. The molecule has 0 aliphatic carbocycles. The van der Waals surface area contributed by atoms with Crippen molar-refractivity contribution < 1.29 is 9.90 Å². The Morgan fingerprint density at radius 1 is 1.44 bits per heavy atom. The Morgan fingerprint density at radius 3 is 3.08 bits per heavy atom. The van der Waals surface area contributed by atoms with Gasteiger partial charge in [0.1, 0.15) is 0 Å². The van der Waals surface area contributed by atoms with Crippen LogP contribution < -0.4 is 5.32 Å². The molecule has 1 saturated heterocycles. The van der Waals surface area contributed by atoms with E-state index in [0.29, 0.717) is 18.1 Å². The lowest BCUT2D eigenvalue weighted by Gasteiger charge is -2.32. The van der Waals surface area contributed by atoms with Gasteiger partial charge in [-0.15, -0.1) is 0 Å². The Balaban J connectivity index is 1.66. The van der Waals surface area contributed by atoms with Crippen LogP contribution in [0.3, 0.4) is 0 Å². The number of halogens is 1. The summed E-state index contributed by atoms with van der Waals surface area (Å²) in [7, 11) is 0. The smallest absolute Gasteiger partial charge is 0.321 e. The van der Waals surface area contributed by atoms with E-state index >= 15 is 0 Å². The highest BCUT2D eigenvalue weighted by atomic mass is 35.5. The van der Waals surface area contributed by atoms with Gasteiger partial charge in [-0.05, 0) is 43.5 Å². The van der Waals surface area contributed by atoms with Gasteiger partial charge in [0.2, 0.25) is 0 Å². The van der Waals surface area contributed by atoms with Crippen molar-refractivity contribution >= 4 is 23.3 Å². The van der Waals surface area contributed by atoms with Gasteiger partial charge in [-0.25, -0.2) is 4.79 Å². The van der Waals surface area contributed by atoms with Crippen LogP contribution in [0.2, 0.25) is 5.02 Å². The Kier molecular flexibility index (Phi) is 5.60. The first-order chi connectivity index (χ1) is 12.1. The maximum atomic E-state index is 12.6. The number of aromatic nitrogens is 2. The van der Waals surface area contributed by atoms with E-state index < -0.39 is 0 Å². The molecule has 25 heavy (non-hydrogen) atoms. The Hall–Kier alpha value is -2.05. The SMILES string of the molecule is Cc1c(Cl)cccc1NC(=O)N1CCCC(c2ccn(CCO)n2)C1. The minimum Gasteiger partial charge on any atom is -0.394 e. The van der Waals surface area contributed by atoms with E-state index in [1.54, 1.807) is 4.68 Å². The van der Waals surface area contributed by atoms with E-state index in [9.17, 15) is 4.79 Å². The van der Waals surface area contributed by atoms with Gasteiger partial charge in [0.05, 0.1) is 18.8 Å². The molecule has 3 rings (SSSR count). The zero-order valence-electron chi connectivity index (χ0n) is 14.3. The summed E-state index contributed by atoms with van der Waals surface area (Å²) in [6, 6.07) is 7.37. The largest absolute Gasteiger partial charge is 0.394 e. The summed E-state index contributed by atoms with van der Waals surface area (Å²) in [6.07, 6.45) is 3.83. The number of nitrogens with one attached hydrogen (secondary N) is 1. The molecule has 1 unspecified atom stereocenters. The molecular weight excluding hydrogens is 340 g/mol. The van der Waals surface area contributed by atoms with Crippen LogP contribution in [0.15, 0.2) is 30.5 Å². The maximum absolute atomic E-state index is 12.6. The van der Waals surface area contributed by atoms with Crippen LogP contribution in [0.4, 0.5) is 10.5 Å². The van der Waals surface area contributed by atoms with E-state index in [2.05, 4.69) is 10.4 Å². The highest BCUT2D eigenvalue weighted by molar-refractivity contribution is 6.31. The number of piperidine rings is 1. The molecule has 7 heteroatoms. The summed E-state index contributed by atoms with van der Waals surface area (Å²) in [5.41, 5.74) is 2.59. The molecule has 1 fully saturated rings. The van der Waals surface area contributed by atoms with Crippen LogP contribution in [0.5, 0.6) is 0 Å². The number of carbonyl (C=O) groups excluding carboxylic acids is 1. The Morgan fingerprint density at radius 2 is 2.28 bits per heavy atom. The number of benzene rings is 1. The quantitative estimate of drug-likeness (QED) is 0.877. The van der Waals surface area contributed by atoms with Crippen molar-refractivity contribution in [2.24, 2.45) is 0 Å². The second-order valence-electron chi connectivity index (χ2n) is 6.35. The maximum Gasteiger partial charge on any atom is 0.321 e. The average molecular weight is 363 g/mol. The van der Waals surface area contributed by atoms with Crippen molar-refractivity contribution in [1.29, 1.82) is 0 Å². The summed E-state index contributed by atoms with van der Waals surface area (Å²) in [5.74, 6) is 0.222.